The van der Waals surface area contributed by atoms with E-state index in [0.29, 0.717) is 10.9 Å². The molecule has 0 bridgehead atoms. The molecule has 4 nitrogen and oxygen atoms in total. The molecule has 2 rings (SSSR count). The summed E-state index contributed by atoms with van der Waals surface area (Å²) >= 11 is 3.12. The van der Waals surface area contributed by atoms with Crippen LogP contribution in [0.1, 0.15) is 16.8 Å². The van der Waals surface area contributed by atoms with Gasteiger partial charge in [-0.15, -0.1) is 0 Å². The maximum atomic E-state index is 13.5. The highest BCUT2D eigenvalue weighted by Crippen LogP contribution is 2.20. The minimum absolute atomic E-state index is 0.0524. The topological polar surface area (TPSA) is 63.2 Å². The van der Waals surface area contributed by atoms with Gasteiger partial charge in [0.2, 0.25) is 0 Å². The molecule has 7 heteroatoms. The Morgan fingerprint density at radius 3 is 2.79 bits per heavy atom. The van der Waals surface area contributed by atoms with Gasteiger partial charge in [-0.2, -0.15) is 0 Å². The Bertz CT molecular complexity index is 583. The first-order chi connectivity index (χ1) is 8.89. The second kappa shape index (κ2) is 5.58. The number of amides is 1. The molecule has 1 fully saturated rings. The van der Waals surface area contributed by atoms with E-state index >= 15 is 0 Å². The molecule has 0 aromatic heterocycles. The van der Waals surface area contributed by atoms with Gasteiger partial charge in [-0.3, -0.25) is 4.79 Å². The molecule has 1 aromatic rings. The highest BCUT2D eigenvalue weighted by molar-refractivity contribution is 9.10. The van der Waals surface area contributed by atoms with Crippen LogP contribution in [-0.2, 0) is 9.84 Å². The lowest BCUT2D eigenvalue weighted by Gasteiger charge is -2.11. The van der Waals surface area contributed by atoms with Crippen LogP contribution >= 0.6 is 15.9 Å². The van der Waals surface area contributed by atoms with Crippen molar-refractivity contribution in [3.05, 3.63) is 34.1 Å². The second-order valence-electron chi connectivity index (χ2n) is 4.58. The molecule has 0 saturated carbocycles. The van der Waals surface area contributed by atoms with Crippen LogP contribution < -0.4 is 5.32 Å². The fourth-order valence-electron chi connectivity index (χ4n) is 2.07. The zero-order valence-electron chi connectivity index (χ0n) is 10.0. The highest BCUT2D eigenvalue weighted by atomic mass is 79.9. The Labute approximate surface area is 119 Å². The highest BCUT2D eigenvalue weighted by Gasteiger charge is 2.28. The van der Waals surface area contributed by atoms with E-state index in [4.69, 9.17) is 0 Å². The van der Waals surface area contributed by atoms with Crippen molar-refractivity contribution in [3.8, 4) is 0 Å². The van der Waals surface area contributed by atoms with Crippen molar-refractivity contribution in [1.82, 2.24) is 5.32 Å². The molecule has 0 spiro atoms. The van der Waals surface area contributed by atoms with Crippen LogP contribution in [-0.4, -0.2) is 32.4 Å². The Balaban J connectivity index is 1.99. The summed E-state index contributed by atoms with van der Waals surface area (Å²) in [7, 11) is -2.96. The van der Waals surface area contributed by atoms with Crippen LogP contribution in [0.25, 0.3) is 0 Å². The Morgan fingerprint density at radius 2 is 2.21 bits per heavy atom. The van der Waals surface area contributed by atoms with E-state index in [-0.39, 0.29) is 29.5 Å². The number of carbonyl (C=O) groups excluding carboxylic acids is 1. The van der Waals surface area contributed by atoms with Gasteiger partial charge in [0.05, 0.1) is 17.1 Å². The molecule has 1 saturated heterocycles. The van der Waals surface area contributed by atoms with E-state index in [9.17, 15) is 17.6 Å². The predicted octanol–water partition coefficient (Wildman–Crippen LogP) is 1.75. The van der Waals surface area contributed by atoms with Crippen molar-refractivity contribution < 1.29 is 17.6 Å². The number of hydrogen-bond donors (Lipinski definition) is 1. The molecular formula is C12H13BrFNO3S. The third-order valence-electron chi connectivity index (χ3n) is 3.07. The number of halogens is 2. The third kappa shape index (κ3) is 3.54. The molecule has 1 N–H and O–H groups in total. The van der Waals surface area contributed by atoms with Gasteiger partial charge in [0, 0.05) is 11.0 Å². The molecule has 0 aliphatic carbocycles. The van der Waals surface area contributed by atoms with Gasteiger partial charge in [-0.05, 0) is 40.4 Å². The average molecular weight is 350 g/mol. The van der Waals surface area contributed by atoms with Gasteiger partial charge < -0.3 is 5.32 Å². The molecule has 0 radical (unpaired) electrons. The van der Waals surface area contributed by atoms with E-state index in [1.807, 2.05) is 0 Å². The van der Waals surface area contributed by atoms with E-state index in [2.05, 4.69) is 21.2 Å². The normalized spacial score (nSPS) is 21.3. The summed E-state index contributed by atoms with van der Waals surface area (Å²) in [4.78, 5) is 11.9. The number of carbonyl (C=O) groups is 1. The standard InChI is InChI=1S/C12H13BrFNO3S/c13-9-2-1-3-10(14)11(9)12(16)15-6-8-4-5-19(17,18)7-8/h1-3,8H,4-7H2,(H,15,16). The van der Waals surface area contributed by atoms with Crippen molar-refractivity contribution >= 4 is 31.7 Å². The van der Waals surface area contributed by atoms with Gasteiger partial charge in [0.1, 0.15) is 5.82 Å². The van der Waals surface area contributed by atoms with E-state index in [0.717, 1.165) is 0 Å². The summed E-state index contributed by atoms with van der Waals surface area (Å²) in [5, 5.41) is 2.59. The molecule has 1 aromatic carbocycles. The van der Waals surface area contributed by atoms with Gasteiger partial charge >= 0.3 is 0 Å². The van der Waals surface area contributed by atoms with Gasteiger partial charge in [-0.25, -0.2) is 12.8 Å². The van der Waals surface area contributed by atoms with Crippen molar-refractivity contribution in [3.63, 3.8) is 0 Å². The lowest BCUT2D eigenvalue weighted by Crippen LogP contribution is -2.30. The molecule has 1 atom stereocenters. The van der Waals surface area contributed by atoms with Crippen LogP contribution in [0.3, 0.4) is 0 Å². The Kier molecular flexibility index (Phi) is 4.25. The fraction of sp³-hybridized carbons (Fsp3) is 0.417. The van der Waals surface area contributed by atoms with Crippen molar-refractivity contribution in [2.75, 3.05) is 18.1 Å². The third-order valence-corrected chi connectivity index (χ3v) is 5.57. The quantitative estimate of drug-likeness (QED) is 0.904. The molecular weight excluding hydrogens is 337 g/mol. The van der Waals surface area contributed by atoms with Crippen LogP contribution in [0.5, 0.6) is 0 Å². The van der Waals surface area contributed by atoms with E-state index in [1.54, 1.807) is 6.07 Å². The predicted molar refractivity (Wildman–Crippen MR) is 73.2 cm³/mol. The molecule has 1 unspecified atom stereocenters. The first kappa shape index (κ1) is 14.5. The lowest BCUT2D eigenvalue weighted by molar-refractivity contribution is 0.0943. The summed E-state index contributed by atoms with van der Waals surface area (Å²) in [6.07, 6.45) is 0.543. The van der Waals surface area contributed by atoms with Crippen LogP contribution in [0.15, 0.2) is 22.7 Å². The summed E-state index contributed by atoms with van der Waals surface area (Å²) in [6, 6.07) is 4.29. The summed E-state index contributed by atoms with van der Waals surface area (Å²) in [5.74, 6) is -0.970. The number of nitrogens with one attached hydrogen (secondary N) is 1. The summed E-state index contributed by atoms with van der Waals surface area (Å²) in [6.45, 7) is 0.249. The summed E-state index contributed by atoms with van der Waals surface area (Å²) < 4.78 is 36.5. The van der Waals surface area contributed by atoms with Crippen LogP contribution in [0, 0.1) is 11.7 Å². The molecule has 1 aliphatic rings. The smallest absolute Gasteiger partial charge is 0.255 e. The maximum absolute atomic E-state index is 13.5. The van der Waals surface area contributed by atoms with Crippen LogP contribution in [0.2, 0.25) is 0 Å². The number of sulfone groups is 1. The van der Waals surface area contributed by atoms with Crippen molar-refractivity contribution in [2.24, 2.45) is 5.92 Å². The zero-order valence-corrected chi connectivity index (χ0v) is 12.4. The number of benzene rings is 1. The molecule has 104 valence electrons. The Hall–Kier alpha value is -0.950. The molecule has 1 amide bonds. The van der Waals surface area contributed by atoms with Gasteiger partial charge in [0.15, 0.2) is 9.84 Å². The molecule has 1 heterocycles. The van der Waals surface area contributed by atoms with E-state index in [1.165, 1.54) is 12.1 Å². The first-order valence-electron chi connectivity index (χ1n) is 5.82. The largest absolute Gasteiger partial charge is 0.352 e. The molecule has 19 heavy (non-hydrogen) atoms. The van der Waals surface area contributed by atoms with Gasteiger partial charge in [-0.1, -0.05) is 6.07 Å². The molecule has 1 aliphatic heterocycles. The van der Waals surface area contributed by atoms with Gasteiger partial charge in [0.25, 0.3) is 5.91 Å². The van der Waals surface area contributed by atoms with Crippen molar-refractivity contribution in [1.29, 1.82) is 0 Å². The minimum atomic E-state index is -2.96. The fourth-order valence-corrected chi connectivity index (χ4v) is 4.46. The number of rotatable bonds is 3. The first-order valence-corrected chi connectivity index (χ1v) is 8.43. The van der Waals surface area contributed by atoms with Crippen LogP contribution in [0.4, 0.5) is 4.39 Å². The minimum Gasteiger partial charge on any atom is -0.352 e. The van der Waals surface area contributed by atoms with E-state index < -0.39 is 21.6 Å². The SMILES string of the molecule is O=C(NCC1CCS(=O)(=O)C1)c1c(F)cccc1Br. The Morgan fingerprint density at radius 1 is 1.47 bits per heavy atom. The summed E-state index contributed by atoms with van der Waals surface area (Å²) in [5.41, 5.74) is -0.0524. The second-order valence-corrected chi connectivity index (χ2v) is 7.66. The van der Waals surface area contributed by atoms with Crippen molar-refractivity contribution in [2.45, 2.75) is 6.42 Å². The maximum Gasteiger partial charge on any atom is 0.255 e. The average Bonchev–Trinajstić information content (AvgIpc) is 2.66. The zero-order chi connectivity index (χ0) is 14.0. The number of hydrogen-bond acceptors (Lipinski definition) is 3. The monoisotopic (exact) mass is 349 g/mol. The lowest BCUT2D eigenvalue weighted by atomic mass is 10.1.